The molecule has 196 valence electrons. The normalized spacial score (nSPS) is 16.1. The van der Waals surface area contributed by atoms with E-state index in [4.69, 9.17) is 4.74 Å². The van der Waals surface area contributed by atoms with Gasteiger partial charge in [0.1, 0.15) is 18.4 Å². The smallest absolute Gasteiger partial charge is 0.251 e. The van der Waals surface area contributed by atoms with Crippen LogP contribution >= 0.6 is 0 Å². The maximum absolute atomic E-state index is 15.0. The fourth-order valence-electron chi connectivity index (χ4n) is 4.36. The van der Waals surface area contributed by atoms with Crippen LogP contribution in [0.1, 0.15) is 38.7 Å². The molecule has 2 amide bonds. The van der Waals surface area contributed by atoms with Crippen molar-refractivity contribution in [2.45, 2.75) is 58.7 Å². The quantitative estimate of drug-likeness (QED) is 0.450. The molecule has 4 rings (SSSR count). The van der Waals surface area contributed by atoms with E-state index in [9.17, 15) is 14.0 Å². The maximum Gasteiger partial charge on any atom is 0.251 e. The van der Waals surface area contributed by atoms with Crippen molar-refractivity contribution in [1.29, 1.82) is 0 Å². The lowest BCUT2D eigenvalue weighted by atomic mass is 10.00. The number of rotatable bonds is 10. The van der Waals surface area contributed by atoms with E-state index in [1.54, 1.807) is 12.1 Å². The zero-order valence-electron chi connectivity index (χ0n) is 21.4. The van der Waals surface area contributed by atoms with Crippen LogP contribution in [-0.2, 0) is 20.9 Å². The van der Waals surface area contributed by atoms with Gasteiger partial charge in [-0.25, -0.2) is 4.39 Å². The Morgan fingerprint density at radius 2 is 1.95 bits per heavy atom. The van der Waals surface area contributed by atoms with E-state index in [-0.39, 0.29) is 30.2 Å². The largest absolute Gasteiger partial charge is 0.376 e. The monoisotopic (exact) mass is 508 g/mol. The van der Waals surface area contributed by atoms with Crippen molar-refractivity contribution in [3.05, 3.63) is 59.9 Å². The third-order valence-electron chi connectivity index (χ3n) is 6.26. The Labute approximate surface area is 216 Å². The van der Waals surface area contributed by atoms with Gasteiger partial charge < -0.3 is 10.1 Å². The van der Waals surface area contributed by atoms with Gasteiger partial charge in [-0.3, -0.25) is 14.5 Å². The first-order valence-corrected chi connectivity index (χ1v) is 12.6. The van der Waals surface area contributed by atoms with Crippen molar-refractivity contribution in [1.82, 2.24) is 25.5 Å². The van der Waals surface area contributed by atoms with Gasteiger partial charge in [0.25, 0.3) is 5.91 Å². The predicted octanol–water partition coefficient (Wildman–Crippen LogP) is 3.53. The molecule has 3 aromatic rings. The van der Waals surface area contributed by atoms with Gasteiger partial charge in [-0.1, -0.05) is 55.8 Å². The van der Waals surface area contributed by atoms with Crippen LogP contribution in [0.4, 0.5) is 10.1 Å². The predicted molar refractivity (Wildman–Crippen MR) is 137 cm³/mol. The second-order valence-electron chi connectivity index (χ2n) is 9.75. The van der Waals surface area contributed by atoms with Crippen LogP contribution in [0.25, 0.3) is 11.4 Å². The van der Waals surface area contributed by atoms with Crippen molar-refractivity contribution in [2.75, 3.05) is 18.1 Å². The third-order valence-corrected chi connectivity index (χ3v) is 6.26. The highest BCUT2D eigenvalue weighted by atomic mass is 19.1. The number of para-hydroxylation sites is 1. The van der Waals surface area contributed by atoms with Crippen molar-refractivity contribution < 1.29 is 18.7 Å². The zero-order valence-corrected chi connectivity index (χ0v) is 21.4. The number of halogens is 1. The van der Waals surface area contributed by atoms with Crippen LogP contribution in [0.2, 0.25) is 0 Å². The first-order chi connectivity index (χ1) is 17.8. The number of aryl methyl sites for hydroxylation is 1. The number of amides is 2. The molecule has 0 spiro atoms. The molecule has 0 aliphatic carbocycles. The molecular formula is C27H33FN6O3. The Kier molecular flexibility index (Phi) is 8.60. The molecule has 1 saturated heterocycles. The molecule has 0 bridgehead atoms. The average molecular weight is 509 g/mol. The average Bonchev–Trinajstić information content (AvgIpc) is 3.56. The summed E-state index contributed by atoms with van der Waals surface area (Å²) in [6.07, 6.45) is 2.11. The Morgan fingerprint density at radius 1 is 1.19 bits per heavy atom. The molecule has 2 aromatic carbocycles. The molecule has 1 N–H and O–H groups in total. The molecule has 0 saturated carbocycles. The summed E-state index contributed by atoms with van der Waals surface area (Å²) in [5, 5.41) is 15.3. The Hall–Kier alpha value is -3.66. The van der Waals surface area contributed by atoms with Crippen LogP contribution in [0.5, 0.6) is 0 Å². The van der Waals surface area contributed by atoms with E-state index in [0.717, 1.165) is 24.0 Å². The highest BCUT2D eigenvalue weighted by molar-refractivity contribution is 6.00. The van der Waals surface area contributed by atoms with Crippen molar-refractivity contribution in [3.8, 4) is 11.4 Å². The highest BCUT2D eigenvalue weighted by Gasteiger charge is 2.34. The Bertz CT molecular complexity index is 1210. The maximum atomic E-state index is 15.0. The van der Waals surface area contributed by atoms with Crippen LogP contribution in [0.3, 0.4) is 0 Å². The summed E-state index contributed by atoms with van der Waals surface area (Å²) >= 11 is 0. The van der Waals surface area contributed by atoms with Crippen LogP contribution in [-0.4, -0.2) is 57.3 Å². The zero-order chi connectivity index (χ0) is 26.4. The third kappa shape index (κ3) is 6.76. The number of tetrazole rings is 1. The molecule has 1 aromatic heterocycles. The van der Waals surface area contributed by atoms with Gasteiger partial charge in [0.15, 0.2) is 0 Å². The number of carbonyl (C=O) groups excluding carboxylic acids is 2. The molecule has 1 aliphatic heterocycles. The van der Waals surface area contributed by atoms with E-state index in [0.29, 0.717) is 25.4 Å². The molecule has 37 heavy (non-hydrogen) atoms. The van der Waals surface area contributed by atoms with Gasteiger partial charge in [-0.15, -0.1) is 10.2 Å². The van der Waals surface area contributed by atoms with Crippen LogP contribution < -0.4 is 10.2 Å². The molecule has 2 heterocycles. The lowest BCUT2D eigenvalue weighted by Crippen LogP contribution is -2.52. The second-order valence-corrected chi connectivity index (χ2v) is 9.75. The molecule has 10 heteroatoms. The van der Waals surface area contributed by atoms with E-state index >= 15 is 0 Å². The number of ether oxygens (including phenoxy) is 1. The number of hydrogen-bond acceptors (Lipinski definition) is 6. The van der Waals surface area contributed by atoms with E-state index in [2.05, 4.69) is 20.7 Å². The number of carbonyl (C=O) groups is 2. The van der Waals surface area contributed by atoms with Crippen molar-refractivity contribution in [3.63, 3.8) is 0 Å². The summed E-state index contributed by atoms with van der Waals surface area (Å²) in [7, 11) is 0. The van der Waals surface area contributed by atoms with Gasteiger partial charge in [0, 0.05) is 18.7 Å². The Balaban J connectivity index is 1.59. The lowest BCUT2D eigenvalue weighted by Gasteiger charge is -2.32. The standard InChI is InChI=1S/C27H33FN6O3/c1-18(2)15-24(27(36)29-16-21-7-6-14-37-21)34(23-9-5-4-8-22(23)28)25(35)17-33-31-26(30-32-33)20-12-10-19(3)11-13-20/h4-5,8-13,18,21,24H,6-7,14-17H2,1-3H3,(H,29,36)/t21-,24-/m1/s1. The van der Waals surface area contributed by atoms with E-state index in [1.165, 1.54) is 21.8 Å². The first kappa shape index (κ1) is 26.4. The molecular weight excluding hydrogens is 475 g/mol. The van der Waals surface area contributed by atoms with Crippen LogP contribution in [0.15, 0.2) is 48.5 Å². The summed E-state index contributed by atoms with van der Waals surface area (Å²) < 4.78 is 20.6. The molecule has 1 fully saturated rings. The highest BCUT2D eigenvalue weighted by Crippen LogP contribution is 2.25. The minimum absolute atomic E-state index is 0.0317. The second kappa shape index (κ2) is 12.1. The number of nitrogens with one attached hydrogen (secondary N) is 1. The number of nitrogens with zero attached hydrogens (tertiary/aromatic N) is 5. The van der Waals surface area contributed by atoms with Crippen molar-refractivity contribution in [2.24, 2.45) is 5.92 Å². The molecule has 0 unspecified atom stereocenters. The molecule has 2 atom stereocenters. The number of hydrogen-bond donors (Lipinski definition) is 1. The summed E-state index contributed by atoms with van der Waals surface area (Å²) in [6, 6.07) is 12.7. The van der Waals surface area contributed by atoms with Gasteiger partial charge in [0.2, 0.25) is 11.7 Å². The molecule has 0 radical (unpaired) electrons. The summed E-state index contributed by atoms with van der Waals surface area (Å²) in [5.41, 5.74) is 1.89. The fourth-order valence-corrected chi connectivity index (χ4v) is 4.36. The topological polar surface area (TPSA) is 102 Å². The molecule has 1 aliphatic rings. The van der Waals surface area contributed by atoms with E-state index in [1.807, 2.05) is 45.0 Å². The summed E-state index contributed by atoms with van der Waals surface area (Å²) in [4.78, 5) is 29.5. The number of benzene rings is 2. The SMILES string of the molecule is Cc1ccc(-c2nnn(CC(=O)N(c3ccccc3F)[C@H](CC(C)C)C(=O)NC[C@H]3CCCO3)n2)cc1. The minimum atomic E-state index is -0.925. The van der Waals surface area contributed by atoms with Gasteiger partial charge in [0.05, 0.1) is 11.8 Å². The number of anilines is 1. The first-order valence-electron chi connectivity index (χ1n) is 12.6. The lowest BCUT2D eigenvalue weighted by molar-refractivity contribution is -0.127. The summed E-state index contributed by atoms with van der Waals surface area (Å²) in [6.45, 7) is 6.60. The van der Waals surface area contributed by atoms with Gasteiger partial charge in [-0.2, -0.15) is 4.80 Å². The van der Waals surface area contributed by atoms with Gasteiger partial charge in [-0.05, 0) is 49.5 Å². The minimum Gasteiger partial charge on any atom is -0.376 e. The van der Waals surface area contributed by atoms with Gasteiger partial charge >= 0.3 is 0 Å². The number of aromatic nitrogens is 4. The van der Waals surface area contributed by atoms with Crippen LogP contribution in [0, 0.1) is 18.7 Å². The summed E-state index contributed by atoms with van der Waals surface area (Å²) in [5.74, 6) is -1.02. The molecule has 9 nitrogen and oxygen atoms in total. The van der Waals surface area contributed by atoms with Crippen molar-refractivity contribution >= 4 is 17.5 Å². The Morgan fingerprint density at radius 3 is 2.62 bits per heavy atom. The van der Waals surface area contributed by atoms with E-state index < -0.39 is 17.8 Å². The fraction of sp³-hybridized carbons (Fsp3) is 0.444.